The van der Waals surface area contributed by atoms with E-state index < -0.39 is 5.91 Å². The first-order valence-corrected chi connectivity index (χ1v) is 4.23. The Labute approximate surface area is 82.2 Å². The monoisotopic (exact) mass is 189 g/mol. The molecule has 0 saturated heterocycles. The number of nitrogens with two attached hydrogens (primary N) is 1. The summed E-state index contributed by atoms with van der Waals surface area (Å²) < 4.78 is 0. The van der Waals surface area contributed by atoms with Gasteiger partial charge in [0, 0.05) is 0 Å². The zero-order chi connectivity index (χ0) is 10.6. The Balaban J connectivity index is 2.97. The van der Waals surface area contributed by atoms with Gasteiger partial charge in [-0.1, -0.05) is 29.8 Å². The minimum Gasteiger partial charge on any atom is -0.369 e. The minimum absolute atomic E-state index is 0.0629. The summed E-state index contributed by atoms with van der Waals surface area (Å²) in [5.74, 6) is 1.21. The molecule has 0 unspecified atom stereocenters. The average molecular weight is 189 g/mol. The topological polar surface area (TPSA) is 60.2 Å². The summed E-state index contributed by atoms with van der Waals surface area (Å²) >= 11 is 0. The van der Waals surface area contributed by atoms with Gasteiger partial charge in [-0.3, -0.25) is 4.79 Å². The number of carbonyl (C=O) groups excluding carboxylic acids is 2. The summed E-state index contributed by atoms with van der Waals surface area (Å²) in [5, 5.41) is 0. The summed E-state index contributed by atoms with van der Waals surface area (Å²) in [6, 6.07) is 7.29. The van der Waals surface area contributed by atoms with Crippen LogP contribution in [0.5, 0.6) is 0 Å². The normalized spacial score (nSPS) is 9.21. The van der Waals surface area contributed by atoms with Gasteiger partial charge >= 0.3 is 0 Å². The van der Waals surface area contributed by atoms with E-state index in [2.05, 4.69) is 0 Å². The molecule has 0 saturated carbocycles. The van der Waals surface area contributed by atoms with Crippen LogP contribution in [0.2, 0.25) is 0 Å². The molecule has 1 rings (SSSR count). The maximum absolute atomic E-state index is 10.6. The zero-order valence-electron chi connectivity index (χ0n) is 7.91. The van der Waals surface area contributed by atoms with Crippen LogP contribution in [-0.2, 0) is 9.59 Å². The maximum atomic E-state index is 10.6. The fourth-order valence-corrected chi connectivity index (χ4v) is 1.13. The molecule has 0 aromatic heterocycles. The first-order chi connectivity index (χ1) is 6.63. The van der Waals surface area contributed by atoms with Gasteiger partial charge in [0.25, 0.3) is 0 Å². The van der Waals surface area contributed by atoms with Crippen molar-refractivity contribution in [2.75, 3.05) is 0 Å². The van der Waals surface area contributed by atoms with Gasteiger partial charge in [0.15, 0.2) is 0 Å². The third-order valence-corrected chi connectivity index (χ3v) is 1.87. The summed E-state index contributed by atoms with van der Waals surface area (Å²) in [5.41, 5.74) is 7.09. The third kappa shape index (κ3) is 2.57. The van der Waals surface area contributed by atoms with Gasteiger partial charge in [-0.15, -0.1) is 0 Å². The predicted molar refractivity (Wildman–Crippen MR) is 54.1 cm³/mol. The molecule has 0 spiro atoms. The molecule has 2 N–H and O–H groups in total. The van der Waals surface area contributed by atoms with Crippen LogP contribution in [0.15, 0.2) is 24.3 Å². The van der Waals surface area contributed by atoms with E-state index in [1.54, 1.807) is 18.1 Å². The lowest BCUT2D eigenvalue weighted by atomic mass is 10.0. The molecule has 3 nitrogen and oxygen atoms in total. The Bertz CT molecular complexity index is 386. The summed E-state index contributed by atoms with van der Waals surface area (Å²) in [6.45, 7) is 1.95. The molecule has 0 radical (unpaired) electrons. The van der Waals surface area contributed by atoms with E-state index in [0.29, 0.717) is 11.1 Å². The number of rotatable bonds is 3. The van der Waals surface area contributed by atoms with Crippen LogP contribution >= 0.6 is 0 Å². The molecule has 1 aromatic rings. The molecule has 1 aromatic carbocycles. The Morgan fingerprint density at radius 1 is 1.36 bits per heavy atom. The van der Waals surface area contributed by atoms with Crippen LogP contribution in [0.25, 0.3) is 5.57 Å². The van der Waals surface area contributed by atoms with Crippen molar-refractivity contribution in [1.82, 2.24) is 0 Å². The molecule has 14 heavy (non-hydrogen) atoms. The van der Waals surface area contributed by atoms with E-state index in [1.165, 1.54) is 0 Å². The average Bonchev–Trinajstić information content (AvgIpc) is 2.15. The first kappa shape index (κ1) is 10.2. The Morgan fingerprint density at radius 3 is 2.36 bits per heavy atom. The number of primary amides is 1. The van der Waals surface area contributed by atoms with E-state index in [-0.39, 0.29) is 6.42 Å². The third-order valence-electron chi connectivity index (χ3n) is 1.87. The van der Waals surface area contributed by atoms with Crippen molar-refractivity contribution in [2.24, 2.45) is 5.73 Å². The highest BCUT2D eigenvalue weighted by Crippen LogP contribution is 2.15. The number of hydrogen-bond donors (Lipinski definition) is 1. The van der Waals surface area contributed by atoms with Crippen molar-refractivity contribution in [3.05, 3.63) is 35.4 Å². The number of aryl methyl sites for hydroxylation is 1. The van der Waals surface area contributed by atoms with Crippen LogP contribution in [0.3, 0.4) is 0 Å². The zero-order valence-corrected chi connectivity index (χ0v) is 7.91. The van der Waals surface area contributed by atoms with Crippen molar-refractivity contribution >= 4 is 17.4 Å². The molecule has 0 atom stereocenters. The lowest BCUT2D eigenvalue weighted by molar-refractivity contribution is -0.117. The smallest absolute Gasteiger partial charge is 0.222 e. The van der Waals surface area contributed by atoms with Crippen LogP contribution in [-0.4, -0.2) is 11.8 Å². The Kier molecular flexibility index (Phi) is 3.21. The van der Waals surface area contributed by atoms with Gasteiger partial charge in [-0.25, -0.2) is 4.79 Å². The second-order valence-corrected chi connectivity index (χ2v) is 3.09. The van der Waals surface area contributed by atoms with Crippen molar-refractivity contribution in [3.8, 4) is 0 Å². The highest BCUT2D eigenvalue weighted by molar-refractivity contribution is 5.97. The van der Waals surface area contributed by atoms with E-state index in [1.807, 2.05) is 19.1 Å². The maximum Gasteiger partial charge on any atom is 0.222 e. The van der Waals surface area contributed by atoms with Gasteiger partial charge in [0.05, 0.1) is 12.0 Å². The lowest BCUT2D eigenvalue weighted by Gasteiger charge is -2.00. The minimum atomic E-state index is -0.524. The number of amides is 1. The van der Waals surface area contributed by atoms with Crippen molar-refractivity contribution in [1.29, 1.82) is 0 Å². The standard InChI is InChI=1S/C11H11NO2/c1-8-2-4-9(5-3-8)10(7-13)6-11(12)14/h2-5H,6H2,1H3,(H2,12,14). The molecule has 0 aliphatic carbocycles. The molecule has 0 fully saturated rings. The predicted octanol–water partition coefficient (Wildman–Crippen LogP) is 1.09. The Morgan fingerprint density at radius 2 is 1.93 bits per heavy atom. The van der Waals surface area contributed by atoms with Crippen molar-refractivity contribution in [3.63, 3.8) is 0 Å². The van der Waals surface area contributed by atoms with Gasteiger partial charge in [-0.05, 0) is 12.5 Å². The fourth-order valence-electron chi connectivity index (χ4n) is 1.13. The largest absolute Gasteiger partial charge is 0.369 e. The van der Waals surface area contributed by atoms with E-state index in [9.17, 15) is 9.59 Å². The van der Waals surface area contributed by atoms with Gasteiger partial charge in [0.2, 0.25) is 5.91 Å². The summed E-state index contributed by atoms with van der Waals surface area (Å²) in [6.07, 6.45) is -0.0629. The molecule has 0 bridgehead atoms. The summed E-state index contributed by atoms with van der Waals surface area (Å²) in [4.78, 5) is 21.2. The van der Waals surface area contributed by atoms with Gasteiger partial charge < -0.3 is 5.73 Å². The molecule has 72 valence electrons. The fraction of sp³-hybridized carbons (Fsp3) is 0.182. The molecule has 3 heteroatoms. The quantitative estimate of drug-likeness (QED) is 0.723. The van der Waals surface area contributed by atoms with Gasteiger partial charge in [0.1, 0.15) is 5.94 Å². The van der Waals surface area contributed by atoms with E-state index in [0.717, 1.165) is 5.56 Å². The number of benzene rings is 1. The van der Waals surface area contributed by atoms with Crippen molar-refractivity contribution < 1.29 is 9.59 Å². The lowest BCUT2D eigenvalue weighted by Crippen LogP contribution is -2.11. The van der Waals surface area contributed by atoms with Crippen LogP contribution in [0.1, 0.15) is 17.5 Å². The summed E-state index contributed by atoms with van der Waals surface area (Å²) in [7, 11) is 0. The molecular weight excluding hydrogens is 178 g/mol. The highest BCUT2D eigenvalue weighted by Gasteiger charge is 2.05. The van der Waals surface area contributed by atoms with E-state index in [4.69, 9.17) is 5.73 Å². The SMILES string of the molecule is Cc1ccc(C(=C=O)CC(N)=O)cc1. The molecule has 1 amide bonds. The van der Waals surface area contributed by atoms with Crippen molar-refractivity contribution in [2.45, 2.75) is 13.3 Å². The number of hydrogen-bond acceptors (Lipinski definition) is 2. The van der Waals surface area contributed by atoms with Crippen LogP contribution in [0.4, 0.5) is 0 Å². The molecule has 0 aliphatic rings. The first-order valence-electron chi connectivity index (χ1n) is 4.23. The number of carbonyl (C=O) groups is 1. The second kappa shape index (κ2) is 4.40. The van der Waals surface area contributed by atoms with Crippen LogP contribution < -0.4 is 5.73 Å². The highest BCUT2D eigenvalue weighted by atomic mass is 16.1. The molecule has 0 heterocycles. The van der Waals surface area contributed by atoms with Crippen LogP contribution in [0, 0.1) is 6.92 Å². The second-order valence-electron chi connectivity index (χ2n) is 3.09. The molecular formula is C11H11NO2. The van der Waals surface area contributed by atoms with E-state index >= 15 is 0 Å². The molecule has 0 aliphatic heterocycles. The van der Waals surface area contributed by atoms with Gasteiger partial charge in [-0.2, -0.15) is 0 Å². The Hall–Kier alpha value is -1.86.